The summed E-state index contributed by atoms with van der Waals surface area (Å²) in [5, 5.41) is 7.79. The van der Waals surface area contributed by atoms with E-state index in [1.165, 1.54) is 5.56 Å². The fourth-order valence-corrected chi connectivity index (χ4v) is 3.92. The number of carbonyl (C=O) groups is 1. The number of carbonyl (C=O) groups excluding carboxylic acids is 1. The molecule has 3 nitrogen and oxygen atoms in total. The molecule has 0 aliphatic carbocycles. The Bertz CT molecular complexity index is 644. The molecule has 0 unspecified atom stereocenters. The van der Waals surface area contributed by atoms with Gasteiger partial charge in [0.25, 0.3) is 0 Å². The second-order valence-corrected chi connectivity index (χ2v) is 6.78. The van der Waals surface area contributed by atoms with Gasteiger partial charge in [-0.3, -0.25) is 9.69 Å². The van der Waals surface area contributed by atoms with Crippen molar-refractivity contribution in [3.05, 3.63) is 51.7 Å². The highest BCUT2D eigenvalue weighted by Gasteiger charge is 2.33. The van der Waals surface area contributed by atoms with Crippen LogP contribution in [0.3, 0.4) is 0 Å². The minimum Gasteiger partial charge on any atom is -0.323 e. The van der Waals surface area contributed by atoms with Crippen molar-refractivity contribution < 1.29 is 4.79 Å². The van der Waals surface area contributed by atoms with Crippen molar-refractivity contribution in [1.29, 1.82) is 0 Å². The summed E-state index contributed by atoms with van der Waals surface area (Å²) < 4.78 is 0. The first-order chi connectivity index (χ1) is 10.7. The molecule has 1 aromatic heterocycles. The average Bonchev–Trinajstić information content (AvgIpc) is 3.19. The molecule has 5 heteroatoms. The highest BCUT2D eigenvalue weighted by Crippen LogP contribution is 2.35. The zero-order valence-corrected chi connectivity index (χ0v) is 14.0. The molecule has 0 saturated carbocycles. The minimum atomic E-state index is -0.177. The van der Waals surface area contributed by atoms with E-state index in [-0.39, 0.29) is 11.9 Å². The van der Waals surface area contributed by atoms with Crippen LogP contribution in [0.5, 0.6) is 0 Å². The van der Waals surface area contributed by atoms with Gasteiger partial charge in [-0.05, 0) is 60.8 Å². The molecule has 116 valence electrons. The summed E-state index contributed by atoms with van der Waals surface area (Å²) in [6, 6.07) is 9.66. The summed E-state index contributed by atoms with van der Waals surface area (Å²) in [5.74, 6) is -0.00442. The van der Waals surface area contributed by atoms with Gasteiger partial charge in [-0.15, -0.1) is 0 Å². The maximum Gasteiger partial charge on any atom is 0.241 e. The predicted molar refractivity (Wildman–Crippen MR) is 92.5 cm³/mol. The third-order valence-electron chi connectivity index (χ3n) is 4.23. The van der Waals surface area contributed by atoms with Crippen molar-refractivity contribution in [2.75, 3.05) is 11.9 Å². The minimum absolute atomic E-state index is 0.00442. The third-order valence-corrected chi connectivity index (χ3v) is 5.26. The topological polar surface area (TPSA) is 32.3 Å². The highest BCUT2D eigenvalue weighted by molar-refractivity contribution is 7.07. The smallest absolute Gasteiger partial charge is 0.241 e. The van der Waals surface area contributed by atoms with Gasteiger partial charge in [0.15, 0.2) is 0 Å². The van der Waals surface area contributed by atoms with Crippen molar-refractivity contribution >= 4 is 34.5 Å². The molecule has 3 rings (SSSR count). The molecule has 1 N–H and O–H groups in total. The summed E-state index contributed by atoms with van der Waals surface area (Å²) >= 11 is 7.82. The lowest BCUT2D eigenvalue weighted by atomic mass is 10.1. The number of hydrogen-bond acceptors (Lipinski definition) is 3. The van der Waals surface area contributed by atoms with E-state index in [4.69, 9.17) is 11.6 Å². The standard InChI is InChI=1S/C17H19ClN2OS/c1-12(17(21)19-15-6-3-2-5-14(15)18)20-9-4-7-16(20)13-8-10-22-11-13/h2-3,5-6,8,10-12,16H,4,7,9H2,1H3,(H,19,21)/t12-,16-/m1/s1. The zero-order chi connectivity index (χ0) is 15.5. The Hall–Kier alpha value is -1.36. The van der Waals surface area contributed by atoms with Crippen LogP contribution in [-0.2, 0) is 4.79 Å². The monoisotopic (exact) mass is 334 g/mol. The van der Waals surface area contributed by atoms with Crippen LogP contribution in [0.1, 0.15) is 31.4 Å². The van der Waals surface area contributed by atoms with Crippen LogP contribution < -0.4 is 5.32 Å². The lowest BCUT2D eigenvalue weighted by Gasteiger charge is -2.29. The number of anilines is 1. The van der Waals surface area contributed by atoms with Crippen LogP contribution in [0.4, 0.5) is 5.69 Å². The van der Waals surface area contributed by atoms with Gasteiger partial charge in [-0.1, -0.05) is 23.7 Å². The van der Waals surface area contributed by atoms with Gasteiger partial charge in [0.2, 0.25) is 5.91 Å². The molecule has 1 aliphatic heterocycles. The first-order valence-electron chi connectivity index (χ1n) is 7.50. The Kier molecular flexibility index (Phi) is 4.81. The number of nitrogens with zero attached hydrogens (tertiary/aromatic N) is 1. The largest absolute Gasteiger partial charge is 0.323 e. The fraction of sp³-hybridized carbons (Fsp3) is 0.353. The van der Waals surface area contributed by atoms with Crippen molar-refractivity contribution in [3.63, 3.8) is 0 Å². The molecule has 0 spiro atoms. The van der Waals surface area contributed by atoms with E-state index in [0.29, 0.717) is 16.8 Å². The number of para-hydroxylation sites is 1. The van der Waals surface area contributed by atoms with E-state index in [1.54, 1.807) is 17.4 Å². The molecule has 1 amide bonds. The molecule has 22 heavy (non-hydrogen) atoms. The molecule has 2 atom stereocenters. The molecule has 1 aromatic carbocycles. The second-order valence-electron chi connectivity index (χ2n) is 5.60. The van der Waals surface area contributed by atoms with Crippen LogP contribution in [0.15, 0.2) is 41.1 Å². The molecule has 2 aromatic rings. The van der Waals surface area contributed by atoms with Crippen molar-refractivity contribution in [1.82, 2.24) is 4.90 Å². The lowest BCUT2D eigenvalue weighted by molar-refractivity contribution is -0.121. The lowest BCUT2D eigenvalue weighted by Crippen LogP contribution is -2.41. The summed E-state index contributed by atoms with van der Waals surface area (Å²) in [4.78, 5) is 14.8. The summed E-state index contributed by atoms with van der Waals surface area (Å²) in [7, 11) is 0. The molecule has 1 fully saturated rings. The number of amides is 1. The summed E-state index contributed by atoms with van der Waals surface area (Å²) in [6.45, 7) is 2.93. The SMILES string of the molecule is C[C@H](C(=O)Nc1ccccc1Cl)N1CCC[C@@H]1c1ccsc1. The van der Waals surface area contributed by atoms with Crippen LogP contribution in [0, 0.1) is 0 Å². The number of nitrogens with one attached hydrogen (secondary N) is 1. The number of thiophene rings is 1. The van der Waals surface area contributed by atoms with Crippen molar-refractivity contribution in [3.8, 4) is 0 Å². The number of rotatable bonds is 4. The van der Waals surface area contributed by atoms with Gasteiger partial charge >= 0.3 is 0 Å². The Balaban J connectivity index is 1.71. The number of benzene rings is 1. The Morgan fingerprint density at radius 2 is 2.23 bits per heavy atom. The van der Waals surface area contributed by atoms with Crippen molar-refractivity contribution in [2.45, 2.75) is 31.8 Å². The van der Waals surface area contributed by atoms with Gasteiger partial charge in [0.1, 0.15) is 0 Å². The van der Waals surface area contributed by atoms with Gasteiger partial charge in [-0.2, -0.15) is 11.3 Å². The van der Waals surface area contributed by atoms with E-state index < -0.39 is 0 Å². The van der Waals surface area contributed by atoms with E-state index in [1.807, 2.05) is 25.1 Å². The second kappa shape index (κ2) is 6.82. The van der Waals surface area contributed by atoms with Gasteiger partial charge in [-0.25, -0.2) is 0 Å². The maximum atomic E-state index is 12.6. The number of hydrogen-bond donors (Lipinski definition) is 1. The average molecular weight is 335 g/mol. The Labute approximate surface area is 139 Å². The third kappa shape index (κ3) is 3.19. The van der Waals surface area contributed by atoms with E-state index in [0.717, 1.165) is 19.4 Å². The normalized spacial score (nSPS) is 20.0. The molecule has 0 radical (unpaired) electrons. The predicted octanol–water partition coefficient (Wildman–Crippen LogP) is 4.57. The number of halogens is 1. The van der Waals surface area contributed by atoms with Crippen molar-refractivity contribution in [2.24, 2.45) is 0 Å². The first-order valence-corrected chi connectivity index (χ1v) is 8.82. The van der Waals surface area contributed by atoms with Gasteiger partial charge in [0, 0.05) is 6.04 Å². The molecule has 1 aliphatic rings. The highest BCUT2D eigenvalue weighted by atomic mass is 35.5. The molecule has 2 heterocycles. The van der Waals surface area contributed by atoms with Crippen LogP contribution in [0.2, 0.25) is 5.02 Å². The van der Waals surface area contributed by atoms with Crippen LogP contribution >= 0.6 is 22.9 Å². The number of likely N-dealkylation sites (tertiary alicyclic amines) is 1. The van der Waals surface area contributed by atoms with Crippen LogP contribution in [-0.4, -0.2) is 23.4 Å². The summed E-state index contributed by atoms with van der Waals surface area (Å²) in [5.41, 5.74) is 1.99. The molecular weight excluding hydrogens is 316 g/mol. The van der Waals surface area contributed by atoms with Gasteiger partial charge < -0.3 is 5.32 Å². The Morgan fingerprint density at radius 3 is 2.95 bits per heavy atom. The maximum absolute atomic E-state index is 12.6. The Morgan fingerprint density at radius 1 is 1.41 bits per heavy atom. The van der Waals surface area contributed by atoms with E-state index in [9.17, 15) is 4.79 Å². The fourth-order valence-electron chi connectivity index (χ4n) is 3.03. The quantitative estimate of drug-likeness (QED) is 0.888. The molecule has 0 bridgehead atoms. The van der Waals surface area contributed by atoms with Gasteiger partial charge in [0.05, 0.1) is 16.8 Å². The van der Waals surface area contributed by atoms with Crippen LogP contribution in [0.25, 0.3) is 0 Å². The first kappa shape index (κ1) is 15.5. The summed E-state index contributed by atoms with van der Waals surface area (Å²) in [6.07, 6.45) is 2.24. The molecular formula is C17H19ClN2OS. The zero-order valence-electron chi connectivity index (χ0n) is 12.5. The van der Waals surface area contributed by atoms with E-state index in [2.05, 4.69) is 27.0 Å². The molecule has 1 saturated heterocycles. The van der Waals surface area contributed by atoms with E-state index >= 15 is 0 Å².